The van der Waals surface area contributed by atoms with Gasteiger partial charge in [0.1, 0.15) is 23.9 Å². The maximum Gasteiger partial charge on any atom is 0.274 e. The Labute approximate surface area is 149 Å². The van der Waals surface area contributed by atoms with Crippen molar-refractivity contribution in [3.05, 3.63) is 77.7 Å². The van der Waals surface area contributed by atoms with Gasteiger partial charge < -0.3 is 10.6 Å². The molecule has 26 heavy (non-hydrogen) atoms. The van der Waals surface area contributed by atoms with Crippen molar-refractivity contribution in [2.24, 2.45) is 0 Å². The maximum atomic E-state index is 12.4. The Morgan fingerprint density at radius 1 is 0.962 bits per heavy atom. The Hall–Kier alpha value is -4.23. The molecule has 2 aromatic carbocycles. The average Bonchev–Trinajstić information content (AvgIpc) is 2.68. The molecule has 0 radical (unpaired) electrons. The fourth-order valence-electron chi connectivity index (χ4n) is 2.24. The van der Waals surface area contributed by atoms with Crippen LogP contribution in [0.1, 0.15) is 21.6 Å². The maximum absolute atomic E-state index is 12.4. The number of nitrogens with one attached hydrogen (secondary N) is 2. The number of hydrogen-bond donors (Lipinski definition) is 2. The number of rotatable bonds is 4. The van der Waals surface area contributed by atoms with Gasteiger partial charge in [0.05, 0.1) is 22.9 Å². The zero-order chi connectivity index (χ0) is 18.4. The van der Waals surface area contributed by atoms with Crippen molar-refractivity contribution in [1.29, 1.82) is 10.5 Å². The lowest BCUT2D eigenvalue weighted by Gasteiger charge is -2.08. The molecule has 0 unspecified atom stereocenters. The standard InChI is InChI=1S/C19H12N6O/c20-10-13-4-3-6-15(8-13)24-18-9-17(22-12-23-18)19(26)25-16-7-2-1-5-14(16)11-21/h1-9,12H,(H,25,26)(H,22,23,24). The van der Waals surface area contributed by atoms with Crippen LogP contribution < -0.4 is 10.6 Å². The molecule has 2 N–H and O–H groups in total. The first-order valence-corrected chi connectivity index (χ1v) is 7.59. The van der Waals surface area contributed by atoms with Crippen molar-refractivity contribution in [1.82, 2.24) is 9.97 Å². The van der Waals surface area contributed by atoms with Crippen LogP contribution in [0.4, 0.5) is 17.2 Å². The highest BCUT2D eigenvalue weighted by Gasteiger charge is 2.11. The van der Waals surface area contributed by atoms with Crippen molar-refractivity contribution in [2.45, 2.75) is 0 Å². The highest BCUT2D eigenvalue weighted by Crippen LogP contribution is 2.18. The minimum atomic E-state index is -0.455. The van der Waals surface area contributed by atoms with Gasteiger partial charge in [-0.25, -0.2) is 9.97 Å². The number of benzene rings is 2. The third-order valence-electron chi connectivity index (χ3n) is 3.46. The molecule has 0 aliphatic heterocycles. The third-order valence-corrected chi connectivity index (χ3v) is 3.46. The van der Waals surface area contributed by atoms with Gasteiger partial charge in [-0.15, -0.1) is 0 Å². The summed E-state index contributed by atoms with van der Waals surface area (Å²) in [4.78, 5) is 20.4. The van der Waals surface area contributed by atoms with Gasteiger partial charge in [-0.1, -0.05) is 18.2 Å². The number of aromatic nitrogens is 2. The van der Waals surface area contributed by atoms with E-state index in [9.17, 15) is 4.79 Å². The normalized spacial score (nSPS) is 9.62. The van der Waals surface area contributed by atoms with Gasteiger partial charge in [0.2, 0.25) is 0 Å². The van der Waals surface area contributed by atoms with Crippen LogP contribution in [0.15, 0.2) is 60.9 Å². The lowest BCUT2D eigenvalue weighted by atomic mass is 10.2. The number of carbonyl (C=O) groups is 1. The number of anilines is 3. The largest absolute Gasteiger partial charge is 0.340 e. The van der Waals surface area contributed by atoms with E-state index in [0.717, 1.165) is 0 Å². The summed E-state index contributed by atoms with van der Waals surface area (Å²) in [6.45, 7) is 0. The minimum Gasteiger partial charge on any atom is -0.340 e. The summed E-state index contributed by atoms with van der Waals surface area (Å²) >= 11 is 0. The fourth-order valence-corrected chi connectivity index (χ4v) is 2.24. The smallest absolute Gasteiger partial charge is 0.274 e. The molecule has 1 amide bonds. The van der Waals surface area contributed by atoms with Crippen molar-refractivity contribution >= 4 is 23.1 Å². The summed E-state index contributed by atoms with van der Waals surface area (Å²) in [5.74, 6) is -0.0438. The van der Waals surface area contributed by atoms with E-state index in [2.05, 4.69) is 26.7 Å². The van der Waals surface area contributed by atoms with Gasteiger partial charge in [-0.05, 0) is 30.3 Å². The van der Waals surface area contributed by atoms with Crippen molar-refractivity contribution in [2.75, 3.05) is 10.6 Å². The molecular weight excluding hydrogens is 328 g/mol. The molecule has 1 heterocycles. The molecule has 0 saturated carbocycles. The van der Waals surface area contributed by atoms with Gasteiger partial charge >= 0.3 is 0 Å². The van der Waals surface area contributed by atoms with Gasteiger partial charge in [-0.3, -0.25) is 4.79 Å². The minimum absolute atomic E-state index is 0.145. The van der Waals surface area contributed by atoms with E-state index in [1.54, 1.807) is 48.5 Å². The van der Waals surface area contributed by atoms with E-state index in [4.69, 9.17) is 10.5 Å². The molecule has 3 aromatic rings. The molecule has 124 valence electrons. The Bertz CT molecular complexity index is 1050. The SMILES string of the molecule is N#Cc1cccc(Nc2cc(C(=O)Nc3ccccc3C#N)ncn2)c1. The Kier molecular flexibility index (Phi) is 4.83. The van der Waals surface area contributed by atoms with Crippen LogP contribution in [0.5, 0.6) is 0 Å². The van der Waals surface area contributed by atoms with Gasteiger partial charge in [-0.2, -0.15) is 10.5 Å². The Morgan fingerprint density at radius 2 is 1.81 bits per heavy atom. The van der Waals surface area contributed by atoms with E-state index < -0.39 is 5.91 Å². The summed E-state index contributed by atoms with van der Waals surface area (Å²) in [7, 11) is 0. The Morgan fingerprint density at radius 3 is 2.62 bits per heavy atom. The molecule has 0 saturated heterocycles. The van der Waals surface area contributed by atoms with Crippen molar-refractivity contribution in [3.8, 4) is 12.1 Å². The molecule has 1 aromatic heterocycles. The lowest BCUT2D eigenvalue weighted by Crippen LogP contribution is -2.15. The number of hydrogen-bond acceptors (Lipinski definition) is 6. The first-order valence-electron chi connectivity index (χ1n) is 7.59. The van der Waals surface area contributed by atoms with Crippen LogP contribution >= 0.6 is 0 Å². The van der Waals surface area contributed by atoms with Crippen LogP contribution in [0.25, 0.3) is 0 Å². The predicted molar refractivity (Wildman–Crippen MR) is 95.6 cm³/mol. The number of carbonyl (C=O) groups excluding carboxylic acids is 1. The second-order valence-electron chi connectivity index (χ2n) is 5.22. The Balaban J connectivity index is 1.79. The molecule has 3 rings (SSSR count). The summed E-state index contributed by atoms with van der Waals surface area (Å²) in [5.41, 5.74) is 2.10. The van der Waals surface area contributed by atoms with Crippen molar-refractivity contribution < 1.29 is 4.79 Å². The average molecular weight is 340 g/mol. The molecule has 0 bridgehead atoms. The quantitative estimate of drug-likeness (QED) is 0.753. The second-order valence-corrected chi connectivity index (χ2v) is 5.22. The molecule has 7 heteroatoms. The number of nitriles is 2. The molecule has 0 spiro atoms. The highest BCUT2D eigenvalue weighted by molar-refractivity contribution is 6.03. The summed E-state index contributed by atoms with van der Waals surface area (Å²) in [6.07, 6.45) is 1.27. The van der Waals surface area contributed by atoms with E-state index in [-0.39, 0.29) is 5.69 Å². The van der Waals surface area contributed by atoms with Crippen LogP contribution in [-0.2, 0) is 0 Å². The molecule has 7 nitrogen and oxygen atoms in total. The zero-order valence-corrected chi connectivity index (χ0v) is 13.5. The third kappa shape index (κ3) is 3.81. The molecule has 0 aliphatic carbocycles. The second kappa shape index (κ2) is 7.56. The highest BCUT2D eigenvalue weighted by atomic mass is 16.1. The first kappa shape index (κ1) is 16.6. The molecule has 0 aliphatic rings. The molecular formula is C19H12N6O. The predicted octanol–water partition coefficient (Wildman–Crippen LogP) is 3.22. The van der Waals surface area contributed by atoms with Crippen LogP contribution in [0.2, 0.25) is 0 Å². The number of para-hydroxylation sites is 1. The molecule has 0 atom stereocenters. The van der Waals surface area contributed by atoms with E-state index in [1.807, 2.05) is 6.07 Å². The topological polar surface area (TPSA) is 114 Å². The summed E-state index contributed by atoms with van der Waals surface area (Å²) in [6, 6.07) is 19.2. The summed E-state index contributed by atoms with van der Waals surface area (Å²) in [5, 5.41) is 23.7. The van der Waals surface area contributed by atoms with E-state index >= 15 is 0 Å². The van der Waals surface area contributed by atoms with Crippen molar-refractivity contribution in [3.63, 3.8) is 0 Å². The number of amides is 1. The van der Waals surface area contributed by atoms with Crippen LogP contribution in [-0.4, -0.2) is 15.9 Å². The monoisotopic (exact) mass is 340 g/mol. The summed E-state index contributed by atoms with van der Waals surface area (Å²) < 4.78 is 0. The molecule has 0 fully saturated rings. The number of nitrogens with zero attached hydrogens (tertiary/aromatic N) is 4. The first-order chi connectivity index (χ1) is 12.7. The van der Waals surface area contributed by atoms with E-state index in [1.165, 1.54) is 12.4 Å². The van der Waals surface area contributed by atoms with E-state index in [0.29, 0.717) is 28.3 Å². The van der Waals surface area contributed by atoms with Crippen LogP contribution in [0.3, 0.4) is 0 Å². The van der Waals surface area contributed by atoms with Crippen LogP contribution in [0, 0.1) is 22.7 Å². The zero-order valence-electron chi connectivity index (χ0n) is 13.5. The fraction of sp³-hybridized carbons (Fsp3) is 0. The van der Waals surface area contributed by atoms with Gasteiger partial charge in [0.15, 0.2) is 0 Å². The van der Waals surface area contributed by atoms with Gasteiger partial charge in [0.25, 0.3) is 5.91 Å². The van der Waals surface area contributed by atoms with Gasteiger partial charge in [0, 0.05) is 11.8 Å². The lowest BCUT2D eigenvalue weighted by molar-refractivity contribution is 0.102.